The van der Waals surface area contributed by atoms with E-state index >= 15 is 0 Å². The Balaban J connectivity index is 0.00000300. The second-order valence-corrected chi connectivity index (χ2v) is 9.31. The lowest BCUT2D eigenvalue weighted by atomic mass is 10.2. The Bertz CT molecular complexity index is 897. The summed E-state index contributed by atoms with van der Waals surface area (Å²) in [6.45, 7) is 3.46. The maximum atomic E-state index is 11.5. The molecule has 0 saturated carbocycles. The number of primary sulfonamides is 1. The van der Waals surface area contributed by atoms with Gasteiger partial charge in [0.2, 0.25) is 10.0 Å². The van der Waals surface area contributed by atoms with Gasteiger partial charge in [0.1, 0.15) is 0 Å². The molecule has 1 atom stereocenters. The molecule has 1 aromatic heterocycles. The Kier molecular flexibility index (Phi) is 9.34. The SMILES string of the molecule is CN=C(NCc1cccc(S(N)(=O)=O)c1)NCC(c1cccs1)N1CCCC1.I. The predicted molar refractivity (Wildman–Crippen MR) is 129 cm³/mol. The monoisotopic (exact) mass is 549 g/mol. The van der Waals surface area contributed by atoms with E-state index in [2.05, 4.69) is 38.0 Å². The zero-order chi connectivity index (χ0) is 20.0. The standard InChI is InChI=1S/C19H27N5O2S2.HI/c1-21-19(22-13-15-6-4-7-16(12-15)28(20,25)26)23-14-17(18-8-5-11-27-18)24-9-2-3-10-24;/h4-8,11-12,17H,2-3,9-10,13-14H2,1H3,(H2,20,25,26)(H2,21,22,23);1H. The fraction of sp³-hybridized carbons (Fsp3) is 0.421. The van der Waals surface area contributed by atoms with Crippen LogP contribution in [0.3, 0.4) is 0 Å². The first-order chi connectivity index (χ1) is 13.5. The van der Waals surface area contributed by atoms with Gasteiger partial charge in [0.25, 0.3) is 0 Å². The molecular weight excluding hydrogens is 521 g/mol. The van der Waals surface area contributed by atoms with Crippen molar-refractivity contribution in [1.29, 1.82) is 0 Å². The van der Waals surface area contributed by atoms with E-state index in [1.165, 1.54) is 23.8 Å². The van der Waals surface area contributed by atoms with E-state index in [0.717, 1.165) is 25.2 Å². The molecule has 2 heterocycles. The van der Waals surface area contributed by atoms with Gasteiger partial charge in [-0.05, 0) is 55.1 Å². The molecule has 160 valence electrons. The average Bonchev–Trinajstić information content (AvgIpc) is 3.38. The molecule has 3 rings (SSSR count). The van der Waals surface area contributed by atoms with Crippen LogP contribution in [-0.4, -0.2) is 46.0 Å². The van der Waals surface area contributed by atoms with Crippen LogP contribution in [-0.2, 0) is 16.6 Å². The van der Waals surface area contributed by atoms with Gasteiger partial charge in [-0.2, -0.15) is 0 Å². The molecule has 1 unspecified atom stereocenters. The number of halogens is 1. The molecular formula is C19H28IN5O2S2. The maximum Gasteiger partial charge on any atom is 0.238 e. The first-order valence-electron chi connectivity index (χ1n) is 9.31. The lowest BCUT2D eigenvalue weighted by Gasteiger charge is -2.27. The van der Waals surface area contributed by atoms with Crippen LogP contribution in [0.4, 0.5) is 0 Å². The highest BCUT2D eigenvalue weighted by Crippen LogP contribution is 2.27. The first kappa shape index (κ1) is 24.1. The highest BCUT2D eigenvalue weighted by Gasteiger charge is 2.24. The molecule has 0 spiro atoms. The second kappa shape index (κ2) is 11.3. The summed E-state index contributed by atoms with van der Waals surface area (Å²) in [6, 6.07) is 11.2. The third-order valence-electron chi connectivity index (χ3n) is 4.83. The Morgan fingerprint density at radius 2 is 2.00 bits per heavy atom. The molecule has 29 heavy (non-hydrogen) atoms. The smallest absolute Gasteiger partial charge is 0.238 e. The molecule has 0 radical (unpaired) electrons. The number of hydrogen-bond donors (Lipinski definition) is 3. The number of nitrogens with one attached hydrogen (secondary N) is 2. The number of thiophene rings is 1. The highest BCUT2D eigenvalue weighted by molar-refractivity contribution is 14.0. The van der Waals surface area contributed by atoms with E-state index in [1.54, 1.807) is 30.5 Å². The molecule has 0 bridgehead atoms. The van der Waals surface area contributed by atoms with Crippen molar-refractivity contribution < 1.29 is 8.42 Å². The predicted octanol–water partition coefficient (Wildman–Crippen LogP) is 2.52. The fourth-order valence-corrected chi connectivity index (χ4v) is 4.82. The number of sulfonamides is 1. The summed E-state index contributed by atoms with van der Waals surface area (Å²) in [5, 5.41) is 14.0. The van der Waals surface area contributed by atoms with E-state index in [1.807, 2.05) is 6.07 Å². The minimum Gasteiger partial charge on any atom is -0.354 e. The number of benzene rings is 1. The number of likely N-dealkylation sites (tertiary alicyclic amines) is 1. The van der Waals surface area contributed by atoms with Crippen LogP contribution in [0.1, 0.15) is 29.3 Å². The quantitative estimate of drug-likeness (QED) is 0.280. The van der Waals surface area contributed by atoms with E-state index in [0.29, 0.717) is 18.5 Å². The second-order valence-electron chi connectivity index (χ2n) is 6.77. The van der Waals surface area contributed by atoms with Gasteiger partial charge in [-0.1, -0.05) is 18.2 Å². The molecule has 0 aliphatic carbocycles. The Morgan fingerprint density at radius 3 is 2.62 bits per heavy atom. The molecule has 1 saturated heterocycles. The Hall–Kier alpha value is -1.21. The van der Waals surface area contributed by atoms with Gasteiger partial charge in [0.05, 0.1) is 10.9 Å². The molecule has 10 heteroatoms. The van der Waals surface area contributed by atoms with Crippen LogP contribution in [0.5, 0.6) is 0 Å². The minimum absolute atomic E-state index is 0. The number of rotatable bonds is 7. The molecule has 1 aromatic carbocycles. The summed E-state index contributed by atoms with van der Waals surface area (Å²) in [5.41, 5.74) is 0.823. The van der Waals surface area contributed by atoms with Crippen molar-refractivity contribution >= 4 is 51.3 Å². The molecule has 1 fully saturated rings. The third-order valence-corrected chi connectivity index (χ3v) is 6.71. The largest absolute Gasteiger partial charge is 0.354 e. The van der Waals surface area contributed by atoms with Crippen LogP contribution in [0.15, 0.2) is 51.7 Å². The van der Waals surface area contributed by atoms with E-state index in [9.17, 15) is 8.42 Å². The van der Waals surface area contributed by atoms with Crippen molar-refractivity contribution in [3.8, 4) is 0 Å². The summed E-state index contributed by atoms with van der Waals surface area (Å²) in [7, 11) is -1.98. The van der Waals surface area contributed by atoms with Gasteiger partial charge >= 0.3 is 0 Å². The number of aliphatic imine (C=N–C) groups is 1. The van der Waals surface area contributed by atoms with Gasteiger partial charge < -0.3 is 10.6 Å². The minimum atomic E-state index is -3.70. The van der Waals surface area contributed by atoms with Crippen LogP contribution in [0.25, 0.3) is 0 Å². The van der Waals surface area contributed by atoms with Crippen molar-refractivity contribution in [2.24, 2.45) is 10.1 Å². The van der Waals surface area contributed by atoms with Crippen molar-refractivity contribution in [3.63, 3.8) is 0 Å². The van der Waals surface area contributed by atoms with Crippen molar-refractivity contribution in [2.75, 3.05) is 26.7 Å². The molecule has 1 aliphatic rings. The Labute approximate surface area is 193 Å². The lowest BCUT2D eigenvalue weighted by Crippen LogP contribution is -2.42. The Morgan fingerprint density at radius 1 is 1.24 bits per heavy atom. The van der Waals surface area contributed by atoms with Crippen LogP contribution < -0.4 is 15.8 Å². The topological polar surface area (TPSA) is 99.8 Å². The van der Waals surface area contributed by atoms with Gasteiger partial charge in [-0.3, -0.25) is 9.89 Å². The van der Waals surface area contributed by atoms with Crippen LogP contribution in [0.2, 0.25) is 0 Å². The van der Waals surface area contributed by atoms with Crippen LogP contribution >= 0.6 is 35.3 Å². The lowest BCUT2D eigenvalue weighted by molar-refractivity contribution is 0.249. The number of nitrogens with two attached hydrogens (primary N) is 1. The molecule has 2 aromatic rings. The maximum absolute atomic E-state index is 11.5. The van der Waals surface area contributed by atoms with Gasteiger partial charge in [0.15, 0.2) is 5.96 Å². The van der Waals surface area contributed by atoms with Crippen molar-refractivity contribution in [3.05, 3.63) is 52.2 Å². The van der Waals surface area contributed by atoms with Crippen LogP contribution in [0, 0.1) is 0 Å². The molecule has 1 aliphatic heterocycles. The van der Waals surface area contributed by atoms with Gasteiger partial charge in [0, 0.05) is 25.0 Å². The third kappa shape index (κ3) is 6.92. The van der Waals surface area contributed by atoms with E-state index < -0.39 is 10.0 Å². The summed E-state index contributed by atoms with van der Waals surface area (Å²) in [4.78, 5) is 8.27. The molecule has 7 nitrogen and oxygen atoms in total. The number of nitrogens with zero attached hydrogens (tertiary/aromatic N) is 2. The summed E-state index contributed by atoms with van der Waals surface area (Å²) in [6.07, 6.45) is 2.49. The first-order valence-corrected chi connectivity index (χ1v) is 11.7. The molecule has 4 N–H and O–H groups in total. The summed E-state index contributed by atoms with van der Waals surface area (Å²) >= 11 is 1.78. The number of hydrogen-bond acceptors (Lipinski definition) is 5. The normalized spacial score (nSPS) is 16.3. The zero-order valence-electron chi connectivity index (χ0n) is 16.4. The zero-order valence-corrected chi connectivity index (χ0v) is 20.3. The van der Waals surface area contributed by atoms with E-state index in [4.69, 9.17) is 5.14 Å². The highest BCUT2D eigenvalue weighted by atomic mass is 127. The molecule has 0 amide bonds. The number of guanidine groups is 1. The van der Waals surface area contributed by atoms with Crippen molar-refractivity contribution in [2.45, 2.75) is 30.3 Å². The summed E-state index contributed by atoms with van der Waals surface area (Å²) in [5.74, 6) is 0.682. The van der Waals surface area contributed by atoms with Gasteiger partial charge in [-0.15, -0.1) is 35.3 Å². The van der Waals surface area contributed by atoms with Crippen molar-refractivity contribution in [1.82, 2.24) is 15.5 Å². The summed E-state index contributed by atoms with van der Waals surface area (Å²) < 4.78 is 23.0. The van der Waals surface area contributed by atoms with Gasteiger partial charge in [-0.25, -0.2) is 13.6 Å². The average molecular weight is 550 g/mol. The fourth-order valence-electron chi connectivity index (χ4n) is 3.38. The van der Waals surface area contributed by atoms with E-state index in [-0.39, 0.29) is 28.9 Å².